The van der Waals surface area contributed by atoms with E-state index in [1.54, 1.807) is 17.5 Å². The summed E-state index contributed by atoms with van der Waals surface area (Å²) in [6.07, 6.45) is 3.65. The minimum Gasteiger partial charge on any atom is -0.348 e. The minimum atomic E-state index is -0.0817. The Bertz CT molecular complexity index is 1400. The first-order chi connectivity index (χ1) is 15.6. The van der Waals surface area contributed by atoms with Crippen molar-refractivity contribution < 1.29 is 4.79 Å². The molecule has 5 rings (SSSR count). The van der Waals surface area contributed by atoms with Gasteiger partial charge >= 0.3 is 0 Å². The zero-order valence-electron chi connectivity index (χ0n) is 17.9. The van der Waals surface area contributed by atoms with Crippen molar-refractivity contribution in [2.45, 2.75) is 26.9 Å². The number of rotatable bonds is 6. The maximum absolute atomic E-state index is 12.9. The number of thiazole rings is 1. The van der Waals surface area contributed by atoms with Crippen molar-refractivity contribution >= 4 is 28.3 Å². The van der Waals surface area contributed by atoms with Crippen LogP contribution in [0.3, 0.4) is 0 Å². The molecule has 2 N–H and O–H groups in total. The fraction of sp³-hybridized carbons (Fsp3) is 0.160. The van der Waals surface area contributed by atoms with Crippen LogP contribution in [0.25, 0.3) is 21.6 Å². The molecule has 0 aliphatic heterocycles. The van der Waals surface area contributed by atoms with Crippen LogP contribution in [-0.4, -0.2) is 25.4 Å². The first-order valence-electron chi connectivity index (χ1n) is 10.5. The third-order valence-electron chi connectivity index (χ3n) is 5.62. The van der Waals surface area contributed by atoms with Crippen LogP contribution in [-0.2, 0) is 13.1 Å². The highest BCUT2D eigenvalue weighted by atomic mass is 32.1. The van der Waals surface area contributed by atoms with Gasteiger partial charge in [0.2, 0.25) is 0 Å². The molecular formula is C25H23N5OS. The summed E-state index contributed by atoms with van der Waals surface area (Å²) in [6, 6.07) is 16.1. The van der Waals surface area contributed by atoms with Crippen LogP contribution < -0.4 is 5.32 Å². The number of nitrogens with one attached hydrogen (secondary N) is 2. The van der Waals surface area contributed by atoms with E-state index in [1.807, 2.05) is 56.4 Å². The van der Waals surface area contributed by atoms with Crippen molar-refractivity contribution in [3.63, 3.8) is 0 Å². The predicted octanol–water partition coefficient (Wildman–Crippen LogP) is 5.08. The number of carbonyl (C=O) groups is 1. The summed E-state index contributed by atoms with van der Waals surface area (Å²) in [5.41, 5.74) is 6.60. The summed E-state index contributed by atoms with van der Waals surface area (Å²) < 4.78 is 2.14. The van der Waals surface area contributed by atoms with Crippen molar-refractivity contribution in [3.05, 3.63) is 94.5 Å². The fourth-order valence-electron chi connectivity index (χ4n) is 3.89. The van der Waals surface area contributed by atoms with E-state index in [0.717, 1.165) is 44.2 Å². The Balaban J connectivity index is 1.30. The third-order valence-corrected chi connectivity index (χ3v) is 6.56. The van der Waals surface area contributed by atoms with Crippen LogP contribution >= 0.6 is 11.3 Å². The fourth-order valence-corrected chi connectivity index (χ4v) is 4.71. The van der Waals surface area contributed by atoms with Gasteiger partial charge < -0.3 is 14.9 Å². The van der Waals surface area contributed by atoms with E-state index in [9.17, 15) is 4.79 Å². The van der Waals surface area contributed by atoms with Crippen molar-refractivity contribution in [1.82, 2.24) is 24.8 Å². The molecule has 160 valence electrons. The van der Waals surface area contributed by atoms with Gasteiger partial charge in [0, 0.05) is 46.7 Å². The monoisotopic (exact) mass is 441 g/mol. The number of nitrogens with zero attached hydrogens (tertiary/aromatic N) is 3. The largest absolute Gasteiger partial charge is 0.348 e. The SMILES string of the molecule is Cc1cc(C(=O)NCc2cnc3[nH]ccc3c2)c(C)n1Cc1csc(-c2ccccc2)n1. The molecule has 0 aliphatic carbocycles. The molecule has 0 fully saturated rings. The molecule has 7 heteroatoms. The van der Waals surface area contributed by atoms with E-state index in [2.05, 4.69) is 37.4 Å². The first-order valence-corrected chi connectivity index (χ1v) is 11.3. The summed E-state index contributed by atoms with van der Waals surface area (Å²) in [7, 11) is 0. The summed E-state index contributed by atoms with van der Waals surface area (Å²) in [6.45, 7) is 5.09. The van der Waals surface area contributed by atoms with Crippen LogP contribution in [0, 0.1) is 13.8 Å². The van der Waals surface area contributed by atoms with Gasteiger partial charge in [0.1, 0.15) is 10.7 Å². The van der Waals surface area contributed by atoms with E-state index in [0.29, 0.717) is 18.7 Å². The van der Waals surface area contributed by atoms with E-state index >= 15 is 0 Å². The van der Waals surface area contributed by atoms with Gasteiger partial charge in [0.05, 0.1) is 17.8 Å². The molecule has 1 aromatic carbocycles. The zero-order valence-corrected chi connectivity index (χ0v) is 18.7. The number of pyridine rings is 1. The maximum atomic E-state index is 12.9. The van der Waals surface area contributed by atoms with Gasteiger partial charge in [-0.2, -0.15) is 0 Å². The smallest absolute Gasteiger partial charge is 0.253 e. The molecule has 4 aromatic heterocycles. The van der Waals surface area contributed by atoms with Gasteiger partial charge in [-0.15, -0.1) is 11.3 Å². The second kappa shape index (κ2) is 8.43. The van der Waals surface area contributed by atoms with Crippen LogP contribution in [0.1, 0.15) is 33.0 Å². The number of benzene rings is 1. The molecule has 5 aromatic rings. The maximum Gasteiger partial charge on any atom is 0.253 e. The second-order valence-electron chi connectivity index (χ2n) is 7.82. The molecule has 0 radical (unpaired) electrons. The molecule has 32 heavy (non-hydrogen) atoms. The van der Waals surface area contributed by atoms with Crippen LogP contribution in [0.15, 0.2) is 66.3 Å². The average Bonchev–Trinajstić information content (AvgIpc) is 3.54. The van der Waals surface area contributed by atoms with Gasteiger partial charge in [-0.1, -0.05) is 30.3 Å². The average molecular weight is 442 g/mol. The first kappa shape index (κ1) is 20.2. The van der Waals surface area contributed by atoms with Crippen molar-refractivity contribution in [3.8, 4) is 10.6 Å². The van der Waals surface area contributed by atoms with Crippen molar-refractivity contribution in [2.24, 2.45) is 0 Å². The number of amides is 1. The van der Waals surface area contributed by atoms with Crippen molar-refractivity contribution in [2.75, 3.05) is 0 Å². The normalized spacial score (nSPS) is 11.2. The topological polar surface area (TPSA) is 75.6 Å². The van der Waals surface area contributed by atoms with Crippen LogP contribution in [0.4, 0.5) is 0 Å². The van der Waals surface area contributed by atoms with Crippen LogP contribution in [0.5, 0.6) is 0 Å². The number of hydrogen-bond acceptors (Lipinski definition) is 4. The Kier molecular flexibility index (Phi) is 5.33. The molecule has 0 saturated heterocycles. The molecule has 0 atom stereocenters. The Morgan fingerprint density at radius 1 is 1.16 bits per heavy atom. The lowest BCUT2D eigenvalue weighted by Gasteiger charge is -2.09. The number of aromatic nitrogens is 4. The number of hydrogen-bond donors (Lipinski definition) is 2. The van der Waals surface area contributed by atoms with Crippen molar-refractivity contribution in [1.29, 1.82) is 0 Å². The minimum absolute atomic E-state index is 0.0817. The number of H-pyrrole nitrogens is 1. The molecule has 0 bridgehead atoms. The Labute approximate surface area is 190 Å². The molecule has 1 amide bonds. The summed E-state index contributed by atoms with van der Waals surface area (Å²) in [5, 5.41) is 7.16. The van der Waals surface area contributed by atoms with Gasteiger partial charge in [0.25, 0.3) is 5.91 Å². The summed E-state index contributed by atoms with van der Waals surface area (Å²) in [4.78, 5) is 25.2. The lowest BCUT2D eigenvalue weighted by molar-refractivity contribution is 0.0950. The summed E-state index contributed by atoms with van der Waals surface area (Å²) >= 11 is 1.64. The Morgan fingerprint density at radius 2 is 2.00 bits per heavy atom. The van der Waals surface area contributed by atoms with Gasteiger partial charge in [0.15, 0.2) is 0 Å². The van der Waals surface area contributed by atoms with Gasteiger partial charge in [-0.05, 0) is 37.6 Å². The third kappa shape index (κ3) is 3.94. The second-order valence-corrected chi connectivity index (χ2v) is 8.68. The quantitative estimate of drug-likeness (QED) is 0.386. The van der Waals surface area contributed by atoms with Crippen LogP contribution in [0.2, 0.25) is 0 Å². The van der Waals surface area contributed by atoms with Gasteiger partial charge in [-0.3, -0.25) is 4.79 Å². The molecular weight excluding hydrogens is 418 g/mol. The zero-order chi connectivity index (χ0) is 22.1. The highest BCUT2D eigenvalue weighted by Gasteiger charge is 2.17. The highest BCUT2D eigenvalue weighted by Crippen LogP contribution is 2.25. The molecule has 0 aliphatic rings. The van der Waals surface area contributed by atoms with E-state index in [-0.39, 0.29) is 5.91 Å². The van der Waals surface area contributed by atoms with E-state index in [1.165, 1.54) is 0 Å². The van der Waals surface area contributed by atoms with Gasteiger partial charge in [-0.25, -0.2) is 9.97 Å². The van der Waals surface area contributed by atoms with E-state index in [4.69, 9.17) is 4.98 Å². The number of aromatic amines is 1. The predicted molar refractivity (Wildman–Crippen MR) is 128 cm³/mol. The lowest BCUT2D eigenvalue weighted by Crippen LogP contribution is -2.23. The molecule has 0 unspecified atom stereocenters. The Morgan fingerprint density at radius 3 is 2.84 bits per heavy atom. The number of aryl methyl sites for hydroxylation is 1. The standard InChI is InChI=1S/C25H23N5OS/c1-16-10-22(24(31)28-13-18-11-20-8-9-26-23(20)27-12-18)17(2)30(16)14-21-15-32-25(29-21)19-6-4-3-5-7-19/h3-12,15H,13-14H2,1-2H3,(H,26,27)(H,28,31). The molecule has 4 heterocycles. The number of carbonyl (C=O) groups excluding carboxylic acids is 1. The van der Waals surface area contributed by atoms with E-state index < -0.39 is 0 Å². The Hall–Kier alpha value is -3.71. The summed E-state index contributed by atoms with van der Waals surface area (Å²) in [5.74, 6) is -0.0817. The molecule has 0 saturated carbocycles. The molecule has 6 nitrogen and oxygen atoms in total. The highest BCUT2D eigenvalue weighted by molar-refractivity contribution is 7.13. The number of fused-ring (bicyclic) bond motifs is 1. The molecule has 0 spiro atoms. The lowest BCUT2D eigenvalue weighted by atomic mass is 10.2.